The van der Waals surface area contributed by atoms with E-state index in [9.17, 15) is 0 Å². The van der Waals surface area contributed by atoms with E-state index in [0.29, 0.717) is 6.04 Å². The first kappa shape index (κ1) is 11.9. The molecular weight excluding hydrogens is 210 g/mol. The summed E-state index contributed by atoms with van der Waals surface area (Å²) in [6.45, 7) is 2.91. The van der Waals surface area contributed by atoms with Crippen molar-refractivity contribution in [3.8, 4) is 0 Å². The minimum Gasteiger partial charge on any atom is -0.368 e. The summed E-state index contributed by atoms with van der Waals surface area (Å²) in [5.41, 5.74) is 6.53. The van der Waals surface area contributed by atoms with Crippen molar-refractivity contribution in [3.63, 3.8) is 0 Å². The second kappa shape index (κ2) is 5.64. The van der Waals surface area contributed by atoms with E-state index >= 15 is 0 Å². The molecule has 0 aliphatic carbocycles. The smallest absolute Gasteiger partial charge is 0.126 e. The average Bonchev–Trinajstić information content (AvgIpc) is 2.36. The molecule has 3 heteroatoms. The van der Waals surface area contributed by atoms with Crippen LogP contribution in [-0.2, 0) is 0 Å². The van der Waals surface area contributed by atoms with Crippen LogP contribution in [-0.4, -0.2) is 17.6 Å². The number of fused-ring (bicyclic) bond motifs is 1. The number of rotatable bonds is 5. The molecule has 1 aromatic heterocycles. The molecule has 90 valence electrons. The number of aromatic nitrogens is 1. The highest BCUT2D eigenvalue weighted by atomic mass is 15.0. The Morgan fingerprint density at radius 3 is 2.88 bits per heavy atom. The van der Waals surface area contributed by atoms with Crippen LogP contribution < -0.4 is 11.1 Å². The van der Waals surface area contributed by atoms with E-state index < -0.39 is 0 Å². The summed E-state index contributed by atoms with van der Waals surface area (Å²) in [6.07, 6.45) is 2.12. The van der Waals surface area contributed by atoms with Gasteiger partial charge in [-0.3, -0.25) is 0 Å². The van der Waals surface area contributed by atoms with Crippen LogP contribution in [0, 0.1) is 0 Å². The van der Waals surface area contributed by atoms with Gasteiger partial charge >= 0.3 is 0 Å². The van der Waals surface area contributed by atoms with Crippen LogP contribution in [0.1, 0.15) is 19.8 Å². The van der Waals surface area contributed by atoms with Crippen molar-refractivity contribution < 1.29 is 0 Å². The fraction of sp³-hybridized carbons (Fsp3) is 0.357. The fourth-order valence-corrected chi connectivity index (χ4v) is 1.90. The maximum atomic E-state index is 5.50. The van der Waals surface area contributed by atoms with Crippen LogP contribution in [0.5, 0.6) is 0 Å². The quantitative estimate of drug-likeness (QED) is 0.829. The Kier molecular flexibility index (Phi) is 3.94. The van der Waals surface area contributed by atoms with Gasteiger partial charge < -0.3 is 11.1 Å². The number of anilines is 1. The van der Waals surface area contributed by atoms with Crippen LogP contribution in [0.25, 0.3) is 10.9 Å². The highest BCUT2D eigenvalue weighted by Crippen LogP contribution is 2.15. The average molecular weight is 229 g/mol. The first-order valence-corrected chi connectivity index (χ1v) is 6.12. The van der Waals surface area contributed by atoms with Gasteiger partial charge in [0.2, 0.25) is 0 Å². The molecule has 0 aliphatic heterocycles. The Morgan fingerprint density at radius 2 is 2.06 bits per heavy atom. The summed E-state index contributed by atoms with van der Waals surface area (Å²) >= 11 is 0. The predicted molar refractivity (Wildman–Crippen MR) is 73.1 cm³/mol. The molecular formula is C14H19N3. The van der Waals surface area contributed by atoms with E-state index in [0.717, 1.165) is 30.7 Å². The summed E-state index contributed by atoms with van der Waals surface area (Å²) < 4.78 is 0. The van der Waals surface area contributed by atoms with E-state index in [1.165, 1.54) is 5.39 Å². The number of nitrogens with one attached hydrogen (secondary N) is 1. The molecule has 1 atom stereocenters. The SMILES string of the molecule is CC(CCCN)Nc1ccc2ccccc2n1. The fourth-order valence-electron chi connectivity index (χ4n) is 1.90. The molecule has 0 amide bonds. The maximum absolute atomic E-state index is 5.50. The number of para-hydroxylation sites is 1. The topological polar surface area (TPSA) is 50.9 Å². The summed E-state index contributed by atoms with van der Waals surface area (Å²) in [5.74, 6) is 0.938. The van der Waals surface area contributed by atoms with Crippen LogP contribution in [0.15, 0.2) is 36.4 Å². The number of nitrogens with two attached hydrogens (primary N) is 1. The van der Waals surface area contributed by atoms with Gasteiger partial charge in [-0.1, -0.05) is 18.2 Å². The van der Waals surface area contributed by atoms with Gasteiger partial charge in [-0.2, -0.15) is 0 Å². The highest BCUT2D eigenvalue weighted by Gasteiger charge is 2.03. The van der Waals surface area contributed by atoms with Gasteiger partial charge in [-0.25, -0.2) is 4.98 Å². The van der Waals surface area contributed by atoms with Crippen LogP contribution in [0.2, 0.25) is 0 Å². The van der Waals surface area contributed by atoms with Crippen LogP contribution in [0.3, 0.4) is 0 Å². The van der Waals surface area contributed by atoms with Crippen molar-refractivity contribution in [2.45, 2.75) is 25.8 Å². The molecule has 3 N–H and O–H groups in total. The number of nitrogens with zero attached hydrogens (tertiary/aromatic N) is 1. The Balaban J connectivity index is 2.08. The molecule has 0 saturated carbocycles. The van der Waals surface area contributed by atoms with E-state index in [-0.39, 0.29) is 0 Å². The molecule has 1 unspecified atom stereocenters. The van der Waals surface area contributed by atoms with Gasteiger partial charge in [0.25, 0.3) is 0 Å². The lowest BCUT2D eigenvalue weighted by molar-refractivity contribution is 0.661. The number of pyridine rings is 1. The Labute approximate surface area is 102 Å². The van der Waals surface area contributed by atoms with Gasteiger partial charge in [-0.15, -0.1) is 0 Å². The summed E-state index contributed by atoms with van der Waals surface area (Å²) in [5, 5.41) is 4.58. The minimum absolute atomic E-state index is 0.409. The normalized spacial score (nSPS) is 12.6. The molecule has 0 saturated heterocycles. The third kappa shape index (κ3) is 3.17. The molecule has 0 bridgehead atoms. The summed E-state index contributed by atoms with van der Waals surface area (Å²) in [7, 11) is 0. The lowest BCUT2D eigenvalue weighted by Crippen LogP contribution is -2.17. The Morgan fingerprint density at radius 1 is 1.24 bits per heavy atom. The van der Waals surface area contributed by atoms with Gasteiger partial charge in [-0.05, 0) is 44.5 Å². The highest BCUT2D eigenvalue weighted by molar-refractivity contribution is 5.80. The molecule has 3 nitrogen and oxygen atoms in total. The lowest BCUT2D eigenvalue weighted by atomic mass is 10.2. The zero-order valence-electron chi connectivity index (χ0n) is 10.2. The second-order valence-corrected chi connectivity index (χ2v) is 4.37. The van der Waals surface area contributed by atoms with Gasteiger partial charge in [0.15, 0.2) is 0 Å². The minimum atomic E-state index is 0.409. The molecule has 1 heterocycles. The standard InChI is InChI=1S/C14H19N3/c1-11(5-4-10-15)16-14-9-8-12-6-2-3-7-13(12)17-14/h2-3,6-9,11H,4-5,10,15H2,1H3,(H,16,17). The molecule has 17 heavy (non-hydrogen) atoms. The third-order valence-electron chi connectivity index (χ3n) is 2.83. The summed E-state index contributed by atoms with van der Waals surface area (Å²) in [6, 6.07) is 12.7. The van der Waals surface area contributed by atoms with Crippen LogP contribution >= 0.6 is 0 Å². The van der Waals surface area contributed by atoms with Gasteiger partial charge in [0, 0.05) is 11.4 Å². The van der Waals surface area contributed by atoms with Crippen molar-refractivity contribution in [3.05, 3.63) is 36.4 Å². The molecule has 0 aliphatic rings. The van der Waals surface area contributed by atoms with Crippen LogP contribution in [0.4, 0.5) is 5.82 Å². The molecule has 0 radical (unpaired) electrons. The van der Waals surface area contributed by atoms with E-state index in [1.807, 2.05) is 24.3 Å². The zero-order valence-corrected chi connectivity index (χ0v) is 10.2. The number of benzene rings is 1. The first-order chi connectivity index (χ1) is 8.29. The molecule has 2 aromatic rings. The van der Waals surface area contributed by atoms with Crippen molar-refractivity contribution in [1.29, 1.82) is 0 Å². The Hall–Kier alpha value is -1.61. The molecule has 0 spiro atoms. The largest absolute Gasteiger partial charge is 0.368 e. The number of hydrogen-bond donors (Lipinski definition) is 2. The van der Waals surface area contributed by atoms with E-state index in [1.54, 1.807) is 0 Å². The van der Waals surface area contributed by atoms with Crippen molar-refractivity contribution >= 4 is 16.7 Å². The third-order valence-corrected chi connectivity index (χ3v) is 2.83. The molecule has 1 aromatic carbocycles. The number of hydrogen-bond acceptors (Lipinski definition) is 3. The van der Waals surface area contributed by atoms with E-state index in [2.05, 4.69) is 29.4 Å². The van der Waals surface area contributed by atoms with Crippen molar-refractivity contribution in [2.75, 3.05) is 11.9 Å². The zero-order chi connectivity index (χ0) is 12.1. The predicted octanol–water partition coefficient (Wildman–Crippen LogP) is 2.77. The lowest BCUT2D eigenvalue weighted by Gasteiger charge is -2.14. The Bertz CT molecular complexity index is 482. The molecule has 2 rings (SSSR count). The van der Waals surface area contributed by atoms with Crippen molar-refractivity contribution in [2.24, 2.45) is 5.73 Å². The molecule has 0 fully saturated rings. The first-order valence-electron chi connectivity index (χ1n) is 6.12. The summed E-state index contributed by atoms with van der Waals surface area (Å²) in [4.78, 5) is 4.58. The van der Waals surface area contributed by atoms with Crippen molar-refractivity contribution in [1.82, 2.24) is 4.98 Å². The second-order valence-electron chi connectivity index (χ2n) is 4.37. The maximum Gasteiger partial charge on any atom is 0.126 e. The van der Waals surface area contributed by atoms with E-state index in [4.69, 9.17) is 5.73 Å². The van der Waals surface area contributed by atoms with Gasteiger partial charge in [0.05, 0.1) is 5.52 Å². The monoisotopic (exact) mass is 229 g/mol. The van der Waals surface area contributed by atoms with Gasteiger partial charge in [0.1, 0.15) is 5.82 Å².